The Morgan fingerprint density at radius 2 is 0.808 bits per heavy atom. The van der Waals surface area contributed by atoms with Gasteiger partial charge in [0.25, 0.3) is 0 Å². The smallest absolute Gasteiger partial charge is 0.306 e. The third-order valence-corrected chi connectivity index (χ3v) is 7.46. The van der Waals surface area contributed by atoms with Gasteiger partial charge in [0.2, 0.25) is 0 Å². The monoisotopic (exact) mass is 715 g/mol. The van der Waals surface area contributed by atoms with Gasteiger partial charge in [0, 0.05) is 12.8 Å². The number of rotatable bonds is 33. The van der Waals surface area contributed by atoms with Crippen molar-refractivity contribution in [1.82, 2.24) is 0 Å². The van der Waals surface area contributed by atoms with Crippen LogP contribution in [0, 0.1) is 0 Å². The highest BCUT2D eigenvalue weighted by atomic mass is 16.6. The normalized spacial score (nSPS) is 13.7. The van der Waals surface area contributed by atoms with E-state index in [2.05, 4.69) is 123 Å². The van der Waals surface area contributed by atoms with Crippen molar-refractivity contribution in [3.05, 3.63) is 134 Å². The molecule has 0 aromatic heterocycles. The molecular weight excluding hydrogens is 645 g/mol. The fourth-order valence-corrected chi connectivity index (χ4v) is 4.50. The number of hydrogen-bond acceptors (Lipinski definition) is 5. The number of esters is 2. The molecule has 0 aromatic carbocycles. The lowest BCUT2D eigenvalue weighted by atomic mass is 10.2. The molecule has 1 atom stereocenters. The zero-order chi connectivity index (χ0) is 37.8. The van der Waals surface area contributed by atoms with E-state index in [1.165, 1.54) is 25.7 Å². The highest BCUT2D eigenvalue weighted by Crippen LogP contribution is 2.04. The van der Waals surface area contributed by atoms with E-state index in [0.29, 0.717) is 12.8 Å². The Labute approximate surface area is 317 Å². The number of hydrogen-bond donors (Lipinski definition) is 1. The van der Waals surface area contributed by atoms with E-state index in [9.17, 15) is 14.7 Å². The van der Waals surface area contributed by atoms with Gasteiger partial charge in [0.15, 0.2) is 6.10 Å². The highest BCUT2D eigenvalue weighted by molar-refractivity contribution is 5.70. The van der Waals surface area contributed by atoms with Gasteiger partial charge in [-0.1, -0.05) is 160 Å². The Balaban J connectivity index is 3.87. The van der Waals surface area contributed by atoms with Crippen molar-refractivity contribution >= 4 is 11.9 Å². The lowest BCUT2D eigenvalue weighted by Crippen LogP contribution is -2.28. The molecule has 0 amide bonds. The second kappa shape index (κ2) is 41.5. The van der Waals surface area contributed by atoms with Gasteiger partial charge in [0.1, 0.15) is 6.61 Å². The first-order chi connectivity index (χ1) is 25.6. The van der Waals surface area contributed by atoms with Crippen LogP contribution in [0.1, 0.15) is 129 Å². The molecule has 0 fully saturated rings. The van der Waals surface area contributed by atoms with Crippen molar-refractivity contribution in [2.75, 3.05) is 13.2 Å². The van der Waals surface area contributed by atoms with Crippen LogP contribution in [0.5, 0.6) is 0 Å². The highest BCUT2D eigenvalue weighted by Gasteiger charge is 2.15. The van der Waals surface area contributed by atoms with Gasteiger partial charge >= 0.3 is 11.9 Å². The van der Waals surface area contributed by atoms with Crippen LogP contribution in [0.4, 0.5) is 0 Å². The molecule has 0 aliphatic heterocycles. The Morgan fingerprint density at radius 3 is 1.17 bits per heavy atom. The molecule has 288 valence electrons. The average Bonchev–Trinajstić information content (AvgIpc) is 3.15. The second-order valence-corrected chi connectivity index (χ2v) is 12.3. The molecule has 0 aliphatic carbocycles. The van der Waals surface area contributed by atoms with E-state index in [0.717, 1.165) is 64.2 Å². The maximum atomic E-state index is 12.1. The van der Waals surface area contributed by atoms with Crippen LogP contribution < -0.4 is 0 Å². The number of aliphatic hydroxyl groups excluding tert-OH is 1. The number of carbonyl (C=O) groups is 2. The number of aliphatic hydroxyl groups is 1. The van der Waals surface area contributed by atoms with E-state index in [1.54, 1.807) is 0 Å². The summed E-state index contributed by atoms with van der Waals surface area (Å²) in [7, 11) is 0. The molecule has 0 spiro atoms. The zero-order valence-corrected chi connectivity index (χ0v) is 32.5. The third kappa shape index (κ3) is 38.8. The molecule has 0 saturated heterocycles. The zero-order valence-electron chi connectivity index (χ0n) is 32.5. The van der Waals surface area contributed by atoms with E-state index >= 15 is 0 Å². The summed E-state index contributed by atoms with van der Waals surface area (Å²) in [6.07, 6.45) is 62.4. The van der Waals surface area contributed by atoms with E-state index in [-0.39, 0.29) is 25.4 Å². The van der Waals surface area contributed by atoms with Crippen LogP contribution in [0.3, 0.4) is 0 Å². The average molecular weight is 715 g/mol. The van der Waals surface area contributed by atoms with E-state index in [1.807, 2.05) is 24.3 Å². The minimum absolute atomic E-state index is 0.146. The van der Waals surface area contributed by atoms with Crippen LogP contribution in [-0.2, 0) is 19.1 Å². The third-order valence-electron chi connectivity index (χ3n) is 7.46. The molecule has 1 N–H and O–H groups in total. The summed E-state index contributed by atoms with van der Waals surface area (Å²) in [6, 6.07) is 0. The van der Waals surface area contributed by atoms with Crippen LogP contribution in [0.2, 0.25) is 0 Å². The van der Waals surface area contributed by atoms with Crippen LogP contribution in [0.25, 0.3) is 0 Å². The standard InChI is InChI=1S/C47H70O5/c1-3-5-7-9-11-13-15-17-19-21-23-25-27-29-31-33-35-37-39-41-46(49)51-44-45(43-48)52-47(50)42-40-38-36-34-32-30-28-26-24-22-20-18-16-14-12-10-8-6-4-2/h6,8,11-14,17-20,23-26,29-32,35-38,45,48H,3-5,7,9-10,15-16,21-22,27-28,33-34,39-44H2,1-2H3. The Hall–Kier alpha value is -3.96. The summed E-state index contributed by atoms with van der Waals surface area (Å²) in [5, 5.41) is 9.54. The van der Waals surface area contributed by atoms with Crippen LogP contribution in [-0.4, -0.2) is 36.4 Å². The molecule has 0 aromatic rings. The molecular formula is C47H70O5. The van der Waals surface area contributed by atoms with E-state index < -0.39 is 18.7 Å². The Kier molecular flexibility index (Phi) is 38.3. The molecule has 0 aliphatic rings. The SMILES string of the molecule is CCC=CCC=CCC=CCC=CCC=CCC=CCCC(=O)OC(CO)COC(=O)CCC=CCC=CCC=CCC=CCC=CCCCCC. The lowest BCUT2D eigenvalue weighted by Gasteiger charge is -2.15. The minimum Gasteiger partial charge on any atom is -0.462 e. The molecule has 1 unspecified atom stereocenters. The minimum atomic E-state index is -0.852. The molecule has 0 bridgehead atoms. The molecule has 5 nitrogen and oxygen atoms in total. The van der Waals surface area contributed by atoms with Gasteiger partial charge in [-0.3, -0.25) is 9.59 Å². The molecule has 52 heavy (non-hydrogen) atoms. The Morgan fingerprint density at radius 1 is 0.462 bits per heavy atom. The van der Waals surface area contributed by atoms with Crippen molar-refractivity contribution in [3.8, 4) is 0 Å². The molecule has 0 heterocycles. The first-order valence-electron chi connectivity index (χ1n) is 19.7. The van der Waals surface area contributed by atoms with Crippen molar-refractivity contribution in [2.45, 2.75) is 136 Å². The fourth-order valence-electron chi connectivity index (χ4n) is 4.50. The lowest BCUT2D eigenvalue weighted by molar-refractivity contribution is -0.161. The number of carbonyl (C=O) groups excluding carboxylic acids is 2. The first-order valence-corrected chi connectivity index (χ1v) is 19.7. The van der Waals surface area contributed by atoms with Crippen molar-refractivity contribution in [2.24, 2.45) is 0 Å². The molecule has 0 saturated carbocycles. The largest absolute Gasteiger partial charge is 0.462 e. The molecule has 0 rings (SSSR count). The van der Waals surface area contributed by atoms with Gasteiger partial charge in [-0.05, 0) is 89.9 Å². The summed E-state index contributed by atoms with van der Waals surface area (Å²) < 4.78 is 10.5. The van der Waals surface area contributed by atoms with Gasteiger partial charge in [0.05, 0.1) is 6.61 Å². The predicted molar refractivity (Wildman–Crippen MR) is 223 cm³/mol. The number of allylic oxidation sites excluding steroid dienone is 22. The summed E-state index contributed by atoms with van der Waals surface area (Å²) in [4.78, 5) is 24.2. The Bertz CT molecular complexity index is 1170. The maximum absolute atomic E-state index is 12.1. The van der Waals surface area contributed by atoms with Crippen molar-refractivity contribution in [1.29, 1.82) is 0 Å². The van der Waals surface area contributed by atoms with Crippen molar-refractivity contribution < 1.29 is 24.2 Å². The maximum Gasteiger partial charge on any atom is 0.306 e. The number of unbranched alkanes of at least 4 members (excludes halogenated alkanes) is 3. The summed E-state index contributed by atoms with van der Waals surface area (Å²) >= 11 is 0. The summed E-state index contributed by atoms with van der Waals surface area (Å²) in [6.45, 7) is 3.83. The molecule has 0 radical (unpaired) electrons. The van der Waals surface area contributed by atoms with Crippen LogP contribution in [0.15, 0.2) is 134 Å². The van der Waals surface area contributed by atoms with Gasteiger partial charge < -0.3 is 14.6 Å². The summed E-state index contributed by atoms with van der Waals surface area (Å²) in [5.74, 6) is -0.802. The number of ether oxygens (including phenoxy) is 2. The summed E-state index contributed by atoms with van der Waals surface area (Å²) in [5.41, 5.74) is 0. The van der Waals surface area contributed by atoms with Crippen molar-refractivity contribution in [3.63, 3.8) is 0 Å². The fraction of sp³-hybridized carbons (Fsp3) is 0.489. The van der Waals surface area contributed by atoms with Gasteiger partial charge in [-0.25, -0.2) is 0 Å². The molecule has 5 heteroatoms. The second-order valence-electron chi connectivity index (χ2n) is 12.3. The predicted octanol–water partition coefficient (Wildman–Crippen LogP) is 12.6. The van der Waals surface area contributed by atoms with Gasteiger partial charge in [-0.2, -0.15) is 0 Å². The quantitative estimate of drug-likeness (QED) is 0.0416. The van der Waals surface area contributed by atoms with Gasteiger partial charge in [-0.15, -0.1) is 0 Å². The van der Waals surface area contributed by atoms with Crippen LogP contribution >= 0.6 is 0 Å². The first kappa shape index (κ1) is 48.0. The topological polar surface area (TPSA) is 72.8 Å². The van der Waals surface area contributed by atoms with E-state index in [4.69, 9.17) is 9.47 Å².